The Morgan fingerprint density at radius 2 is 1.45 bits per heavy atom. The number of rotatable bonds is 3. The van der Waals surface area contributed by atoms with Gasteiger partial charge in [-0.25, -0.2) is 0 Å². The molecule has 0 saturated carbocycles. The maximum atomic E-state index is 11.9. The van der Waals surface area contributed by atoms with Gasteiger partial charge in [0.05, 0.1) is 5.69 Å². The van der Waals surface area contributed by atoms with Crippen LogP contribution in [0.1, 0.15) is 10.4 Å². The Kier molecular flexibility index (Phi) is 3.33. The zero-order valence-electron chi connectivity index (χ0n) is 10.8. The largest absolute Gasteiger partial charge is 0.298 e. The lowest BCUT2D eigenvalue weighted by atomic mass is 10.1. The van der Waals surface area contributed by atoms with Gasteiger partial charge in [-0.15, -0.1) is 0 Å². The van der Waals surface area contributed by atoms with E-state index in [4.69, 9.17) is 0 Å². The van der Waals surface area contributed by atoms with Crippen LogP contribution in [0.3, 0.4) is 0 Å². The molecule has 0 saturated heterocycles. The molecule has 3 aromatic rings. The second-order valence-electron chi connectivity index (χ2n) is 4.51. The van der Waals surface area contributed by atoms with E-state index in [0.29, 0.717) is 5.56 Å². The minimum absolute atomic E-state index is 0.154. The van der Waals surface area contributed by atoms with Crippen molar-refractivity contribution in [1.29, 1.82) is 0 Å². The second-order valence-corrected chi connectivity index (χ2v) is 4.51. The van der Waals surface area contributed by atoms with Gasteiger partial charge in [0.2, 0.25) is 0 Å². The molecule has 0 heterocycles. The fourth-order valence-corrected chi connectivity index (χ4v) is 2.06. The van der Waals surface area contributed by atoms with Crippen LogP contribution in [0.4, 0.5) is 5.69 Å². The Morgan fingerprint density at radius 3 is 2.25 bits per heavy atom. The molecule has 2 N–H and O–H groups in total. The SMILES string of the molecule is O=C(NNc1ccc2ccccc2c1)c1ccccc1. The average Bonchev–Trinajstić information content (AvgIpc) is 2.53. The number of benzene rings is 3. The van der Waals surface area contributed by atoms with Gasteiger partial charge >= 0.3 is 0 Å². The van der Waals surface area contributed by atoms with Crippen molar-refractivity contribution in [3.63, 3.8) is 0 Å². The van der Waals surface area contributed by atoms with E-state index < -0.39 is 0 Å². The summed E-state index contributed by atoms with van der Waals surface area (Å²) in [6, 6.07) is 23.2. The monoisotopic (exact) mass is 262 g/mol. The summed E-state index contributed by atoms with van der Waals surface area (Å²) in [6.07, 6.45) is 0. The summed E-state index contributed by atoms with van der Waals surface area (Å²) < 4.78 is 0. The van der Waals surface area contributed by atoms with Crippen LogP contribution in [0.15, 0.2) is 72.8 Å². The van der Waals surface area contributed by atoms with Crippen LogP contribution in [0.25, 0.3) is 10.8 Å². The van der Waals surface area contributed by atoms with E-state index in [1.807, 2.05) is 54.6 Å². The third-order valence-corrected chi connectivity index (χ3v) is 3.11. The van der Waals surface area contributed by atoms with E-state index in [1.165, 1.54) is 5.39 Å². The highest BCUT2D eigenvalue weighted by atomic mass is 16.2. The topological polar surface area (TPSA) is 41.1 Å². The molecule has 1 amide bonds. The molecule has 20 heavy (non-hydrogen) atoms. The molecule has 0 aliphatic heterocycles. The van der Waals surface area contributed by atoms with Gasteiger partial charge in [0, 0.05) is 5.56 Å². The average molecular weight is 262 g/mol. The number of hydrazine groups is 1. The van der Waals surface area contributed by atoms with E-state index in [0.717, 1.165) is 11.1 Å². The van der Waals surface area contributed by atoms with Gasteiger partial charge in [0.1, 0.15) is 0 Å². The first-order valence-corrected chi connectivity index (χ1v) is 6.43. The van der Waals surface area contributed by atoms with Crippen molar-refractivity contribution >= 4 is 22.4 Å². The fourth-order valence-electron chi connectivity index (χ4n) is 2.06. The molecule has 0 atom stereocenters. The zero-order valence-corrected chi connectivity index (χ0v) is 10.8. The lowest BCUT2D eigenvalue weighted by Gasteiger charge is -2.09. The first kappa shape index (κ1) is 12.2. The molecule has 3 heteroatoms. The van der Waals surface area contributed by atoms with E-state index in [2.05, 4.69) is 16.9 Å². The van der Waals surface area contributed by atoms with Crippen molar-refractivity contribution in [2.24, 2.45) is 0 Å². The maximum Gasteiger partial charge on any atom is 0.269 e. The first-order valence-electron chi connectivity index (χ1n) is 6.43. The Morgan fingerprint density at radius 1 is 0.750 bits per heavy atom. The summed E-state index contributed by atoms with van der Waals surface area (Å²) in [6.45, 7) is 0. The molecule has 0 aromatic heterocycles. The van der Waals surface area contributed by atoms with Gasteiger partial charge in [-0.1, -0.05) is 48.5 Å². The van der Waals surface area contributed by atoms with Crippen molar-refractivity contribution < 1.29 is 4.79 Å². The predicted molar refractivity (Wildman–Crippen MR) is 81.5 cm³/mol. The molecule has 0 radical (unpaired) electrons. The fraction of sp³-hybridized carbons (Fsp3) is 0. The number of hydrogen-bond donors (Lipinski definition) is 2. The van der Waals surface area contributed by atoms with Gasteiger partial charge < -0.3 is 0 Å². The number of carbonyl (C=O) groups is 1. The Labute approximate surface area is 117 Å². The zero-order chi connectivity index (χ0) is 13.8. The summed E-state index contributed by atoms with van der Waals surface area (Å²) in [5, 5.41) is 2.30. The second kappa shape index (κ2) is 5.45. The first-order chi connectivity index (χ1) is 9.83. The number of nitrogens with one attached hydrogen (secondary N) is 2. The Balaban J connectivity index is 1.72. The molecule has 98 valence electrons. The quantitative estimate of drug-likeness (QED) is 0.708. The summed E-state index contributed by atoms with van der Waals surface area (Å²) >= 11 is 0. The minimum atomic E-state index is -0.154. The van der Waals surface area contributed by atoms with E-state index in [1.54, 1.807) is 12.1 Å². The lowest BCUT2D eigenvalue weighted by molar-refractivity contribution is 0.0962. The molecule has 0 spiro atoms. The van der Waals surface area contributed by atoms with Crippen LogP contribution < -0.4 is 10.9 Å². The van der Waals surface area contributed by atoms with Crippen molar-refractivity contribution in [2.75, 3.05) is 5.43 Å². The van der Waals surface area contributed by atoms with E-state index in [9.17, 15) is 4.79 Å². The highest BCUT2D eigenvalue weighted by molar-refractivity contribution is 5.95. The van der Waals surface area contributed by atoms with Crippen molar-refractivity contribution in [1.82, 2.24) is 5.43 Å². The summed E-state index contributed by atoms with van der Waals surface area (Å²) in [4.78, 5) is 11.9. The number of carbonyl (C=O) groups excluding carboxylic acids is 1. The molecular weight excluding hydrogens is 248 g/mol. The van der Waals surface area contributed by atoms with Gasteiger partial charge in [-0.2, -0.15) is 0 Å². The molecule has 3 nitrogen and oxygen atoms in total. The predicted octanol–water partition coefficient (Wildman–Crippen LogP) is 3.60. The Bertz CT molecular complexity index is 738. The van der Waals surface area contributed by atoms with E-state index in [-0.39, 0.29) is 5.91 Å². The van der Waals surface area contributed by atoms with Gasteiger partial charge in [0.15, 0.2) is 0 Å². The lowest BCUT2D eigenvalue weighted by Crippen LogP contribution is -2.29. The van der Waals surface area contributed by atoms with Crippen LogP contribution in [0.5, 0.6) is 0 Å². The molecule has 0 bridgehead atoms. The van der Waals surface area contributed by atoms with Crippen LogP contribution >= 0.6 is 0 Å². The van der Waals surface area contributed by atoms with Gasteiger partial charge in [-0.3, -0.25) is 15.6 Å². The number of fused-ring (bicyclic) bond motifs is 1. The normalized spacial score (nSPS) is 10.2. The molecule has 3 rings (SSSR count). The highest BCUT2D eigenvalue weighted by Crippen LogP contribution is 2.18. The van der Waals surface area contributed by atoms with Crippen LogP contribution in [-0.4, -0.2) is 5.91 Å². The smallest absolute Gasteiger partial charge is 0.269 e. The van der Waals surface area contributed by atoms with Crippen LogP contribution in [0.2, 0.25) is 0 Å². The molecule has 0 fully saturated rings. The van der Waals surface area contributed by atoms with Crippen molar-refractivity contribution in [2.45, 2.75) is 0 Å². The molecule has 0 unspecified atom stereocenters. The summed E-state index contributed by atoms with van der Waals surface area (Å²) in [7, 11) is 0. The number of amides is 1. The molecule has 0 aliphatic rings. The van der Waals surface area contributed by atoms with Crippen molar-refractivity contribution in [3.05, 3.63) is 78.4 Å². The van der Waals surface area contributed by atoms with Crippen molar-refractivity contribution in [3.8, 4) is 0 Å². The van der Waals surface area contributed by atoms with Crippen LogP contribution in [0, 0.1) is 0 Å². The highest BCUT2D eigenvalue weighted by Gasteiger charge is 2.03. The molecular formula is C17H14N2O. The summed E-state index contributed by atoms with van der Waals surface area (Å²) in [5.74, 6) is -0.154. The van der Waals surface area contributed by atoms with Gasteiger partial charge in [0.25, 0.3) is 5.91 Å². The third kappa shape index (κ3) is 2.62. The maximum absolute atomic E-state index is 11.9. The summed E-state index contributed by atoms with van der Waals surface area (Å²) in [5.41, 5.74) is 7.11. The number of anilines is 1. The Hall–Kier alpha value is -2.81. The number of hydrogen-bond acceptors (Lipinski definition) is 2. The third-order valence-electron chi connectivity index (χ3n) is 3.11. The van der Waals surface area contributed by atoms with Gasteiger partial charge in [-0.05, 0) is 35.0 Å². The van der Waals surface area contributed by atoms with Crippen LogP contribution in [-0.2, 0) is 0 Å². The standard InChI is InChI=1S/C17H14N2O/c20-17(14-7-2-1-3-8-14)19-18-16-11-10-13-6-4-5-9-15(13)12-16/h1-12,18H,(H,19,20). The van der Waals surface area contributed by atoms with E-state index >= 15 is 0 Å². The molecule has 3 aromatic carbocycles. The minimum Gasteiger partial charge on any atom is -0.298 e. The molecule has 0 aliphatic carbocycles.